The molecule has 1 aliphatic heterocycles. The van der Waals surface area contributed by atoms with E-state index in [0.29, 0.717) is 15.8 Å². The van der Waals surface area contributed by atoms with Gasteiger partial charge in [-0.15, -0.1) is 0 Å². The summed E-state index contributed by atoms with van der Waals surface area (Å²) in [4.78, 5) is 35.2. The Morgan fingerprint density at radius 3 is 2.24 bits per heavy atom. The first-order valence-electron chi connectivity index (χ1n) is 8.64. The Bertz CT molecular complexity index is 1030. The van der Waals surface area contributed by atoms with Crippen LogP contribution in [0.2, 0.25) is 0 Å². The third-order valence-corrected chi connectivity index (χ3v) is 5.38. The third kappa shape index (κ3) is 3.95. The standard InChI is InChI=1S/C20H18BrNO7/c1-19(2,3)20(4)28-17(23)14(18(24)29-20)10-12-6-8-16(27-12)13-7-5-11(22(25)26)9-15(13)21/h5-10H,1-4H3. The lowest BCUT2D eigenvalue weighted by Crippen LogP contribution is -2.52. The lowest BCUT2D eigenvalue weighted by molar-refractivity contribution is -0.384. The van der Waals surface area contributed by atoms with Crippen LogP contribution in [0.4, 0.5) is 5.69 Å². The normalized spacial score (nSPS) is 19.6. The number of hydrogen-bond acceptors (Lipinski definition) is 7. The largest absolute Gasteiger partial charge is 0.457 e. The van der Waals surface area contributed by atoms with Crippen LogP contribution in [-0.4, -0.2) is 22.6 Å². The SMILES string of the molecule is CC(C)(C)C1(C)OC(=O)C(=Cc2ccc(-c3ccc([N+](=O)[O-])cc3Br)o2)C(=O)O1. The lowest BCUT2D eigenvalue weighted by atomic mass is 9.86. The van der Waals surface area contributed by atoms with Crippen molar-refractivity contribution in [2.24, 2.45) is 5.41 Å². The Morgan fingerprint density at radius 2 is 1.72 bits per heavy atom. The van der Waals surface area contributed by atoms with E-state index in [1.165, 1.54) is 31.2 Å². The van der Waals surface area contributed by atoms with E-state index in [0.717, 1.165) is 0 Å². The number of ether oxygens (including phenoxy) is 2. The molecular formula is C20H18BrNO7. The molecule has 2 aromatic rings. The molecule has 1 aromatic carbocycles. The fourth-order valence-corrected chi connectivity index (χ4v) is 3.09. The first kappa shape index (κ1) is 20.8. The summed E-state index contributed by atoms with van der Waals surface area (Å²) in [6.45, 7) is 6.92. The van der Waals surface area contributed by atoms with Crippen molar-refractivity contribution in [1.29, 1.82) is 0 Å². The number of nitro benzene ring substituents is 1. The minimum atomic E-state index is -1.38. The molecule has 0 unspecified atom stereocenters. The zero-order chi connectivity index (χ0) is 21.6. The number of non-ortho nitro benzene ring substituents is 1. The monoisotopic (exact) mass is 463 g/mol. The molecule has 3 rings (SSSR count). The predicted molar refractivity (Wildman–Crippen MR) is 107 cm³/mol. The number of hydrogen-bond donors (Lipinski definition) is 0. The number of esters is 2. The summed E-state index contributed by atoms with van der Waals surface area (Å²) in [5, 5.41) is 10.9. The van der Waals surface area contributed by atoms with Crippen molar-refractivity contribution in [2.75, 3.05) is 0 Å². The van der Waals surface area contributed by atoms with Crippen molar-refractivity contribution < 1.29 is 28.4 Å². The first-order valence-corrected chi connectivity index (χ1v) is 9.43. The van der Waals surface area contributed by atoms with Crippen molar-refractivity contribution in [3.63, 3.8) is 0 Å². The van der Waals surface area contributed by atoms with Crippen LogP contribution in [0.5, 0.6) is 0 Å². The van der Waals surface area contributed by atoms with Crippen molar-refractivity contribution >= 4 is 39.6 Å². The van der Waals surface area contributed by atoms with E-state index in [9.17, 15) is 19.7 Å². The molecule has 1 aliphatic rings. The Morgan fingerprint density at radius 1 is 1.10 bits per heavy atom. The topological polar surface area (TPSA) is 109 Å². The van der Waals surface area contributed by atoms with Gasteiger partial charge in [0.1, 0.15) is 17.1 Å². The number of halogens is 1. The summed E-state index contributed by atoms with van der Waals surface area (Å²) in [6.07, 6.45) is 1.25. The van der Waals surface area contributed by atoms with Gasteiger partial charge in [0.15, 0.2) is 0 Å². The first-order chi connectivity index (χ1) is 13.4. The maximum Gasteiger partial charge on any atom is 0.349 e. The molecule has 0 atom stereocenters. The van der Waals surface area contributed by atoms with Gasteiger partial charge < -0.3 is 13.9 Å². The van der Waals surface area contributed by atoms with Gasteiger partial charge >= 0.3 is 11.9 Å². The molecule has 8 nitrogen and oxygen atoms in total. The molecule has 0 aliphatic carbocycles. The zero-order valence-corrected chi connectivity index (χ0v) is 17.7. The summed E-state index contributed by atoms with van der Waals surface area (Å²) in [6, 6.07) is 7.43. The van der Waals surface area contributed by atoms with Gasteiger partial charge in [0.25, 0.3) is 11.5 Å². The number of nitro groups is 1. The summed E-state index contributed by atoms with van der Waals surface area (Å²) in [5.74, 6) is -2.35. The van der Waals surface area contributed by atoms with Gasteiger partial charge in [0, 0.05) is 40.6 Å². The average molecular weight is 464 g/mol. The van der Waals surface area contributed by atoms with Crippen LogP contribution in [0.3, 0.4) is 0 Å². The number of furan rings is 1. The number of cyclic esters (lactones) is 2. The average Bonchev–Trinajstić information content (AvgIpc) is 3.05. The molecule has 0 N–H and O–H groups in total. The van der Waals surface area contributed by atoms with E-state index in [-0.39, 0.29) is 17.0 Å². The zero-order valence-electron chi connectivity index (χ0n) is 16.1. The molecule has 0 saturated carbocycles. The van der Waals surface area contributed by atoms with Gasteiger partial charge in [-0.05, 0) is 34.1 Å². The van der Waals surface area contributed by atoms with Gasteiger partial charge in [-0.25, -0.2) is 9.59 Å². The molecular weight excluding hydrogens is 446 g/mol. The summed E-state index contributed by atoms with van der Waals surface area (Å²) in [7, 11) is 0. The fraction of sp³-hybridized carbons (Fsp3) is 0.300. The fourth-order valence-electron chi connectivity index (χ4n) is 2.53. The highest BCUT2D eigenvalue weighted by Crippen LogP contribution is 2.39. The van der Waals surface area contributed by atoms with Gasteiger partial charge in [-0.3, -0.25) is 10.1 Å². The number of carbonyl (C=O) groups is 2. The van der Waals surface area contributed by atoms with E-state index in [4.69, 9.17) is 13.9 Å². The highest BCUT2D eigenvalue weighted by atomic mass is 79.9. The van der Waals surface area contributed by atoms with Crippen molar-refractivity contribution in [2.45, 2.75) is 33.5 Å². The smallest absolute Gasteiger partial charge is 0.349 e. The number of nitrogens with zero attached hydrogens (tertiary/aromatic N) is 1. The summed E-state index contributed by atoms with van der Waals surface area (Å²) in [5.41, 5.74) is -0.377. The molecule has 9 heteroatoms. The summed E-state index contributed by atoms with van der Waals surface area (Å²) >= 11 is 3.28. The van der Waals surface area contributed by atoms with E-state index >= 15 is 0 Å². The second-order valence-electron chi connectivity index (χ2n) is 7.66. The van der Waals surface area contributed by atoms with Gasteiger partial charge in [0.05, 0.1) is 4.92 Å². The van der Waals surface area contributed by atoms with Crippen molar-refractivity contribution in [3.8, 4) is 11.3 Å². The van der Waals surface area contributed by atoms with Crippen LogP contribution >= 0.6 is 15.9 Å². The quantitative estimate of drug-likeness (QED) is 0.210. The Labute approximate surface area is 174 Å². The maximum atomic E-state index is 12.4. The van der Waals surface area contributed by atoms with Crippen LogP contribution in [0.1, 0.15) is 33.5 Å². The van der Waals surface area contributed by atoms with Gasteiger partial charge in [-0.1, -0.05) is 20.8 Å². The van der Waals surface area contributed by atoms with E-state index in [2.05, 4.69) is 15.9 Å². The Kier molecular flexibility index (Phi) is 5.12. The highest BCUT2D eigenvalue weighted by molar-refractivity contribution is 9.10. The summed E-state index contributed by atoms with van der Waals surface area (Å²) < 4.78 is 16.9. The third-order valence-electron chi connectivity index (χ3n) is 4.72. The van der Waals surface area contributed by atoms with Crippen molar-refractivity contribution in [1.82, 2.24) is 0 Å². The minimum Gasteiger partial charge on any atom is -0.457 e. The molecule has 1 aromatic heterocycles. The van der Waals surface area contributed by atoms with E-state index in [1.807, 2.05) is 0 Å². The number of rotatable bonds is 3. The lowest BCUT2D eigenvalue weighted by Gasteiger charge is -2.42. The maximum absolute atomic E-state index is 12.4. The molecule has 29 heavy (non-hydrogen) atoms. The Hall–Kier alpha value is -2.94. The molecule has 152 valence electrons. The van der Waals surface area contributed by atoms with E-state index < -0.39 is 28.1 Å². The second-order valence-corrected chi connectivity index (χ2v) is 8.51. The van der Waals surface area contributed by atoms with Crippen LogP contribution in [0, 0.1) is 15.5 Å². The molecule has 0 radical (unpaired) electrons. The van der Waals surface area contributed by atoms with Crippen LogP contribution in [0.25, 0.3) is 17.4 Å². The molecule has 2 heterocycles. The molecule has 1 saturated heterocycles. The minimum absolute atomic E-state index is 0.0656. The van der Waals surface area contributed by atoms with E-state index in [1.54, 1.807) is 32.9 Å². The van der Waals surface area contributed by atoms with Gasteiger partial charge in [0.2, 0.25) is 0 Å². The molecule has 1 fully saturated rings. The predicted octanol–water partition coefficient (Wildman–Crippen LogP) is 4.86. The molecule has 0 bridgehead atoms. The van der Waals surface area contributed by atoms with Crippen molar-refractivity contribution in [3.05, 3.63) is 56.3 Å². The molecule has 0 spiro atoms. The number of benzene rings is 1. The van der Waals surface area contributed by atoms with Gasteiger partial charge in [-0.2, -0.15) is 0 Å². The van der Waals surface area contributed by atoms with Crippen LogP contribution in [0.15, 0.2) is 44.8 Å². The highest BCUT2D eigenvalue weighted by Gasteiger charge is 2.50. The van der Waals surface area contributed by atoms with Crippen LogP contribution in [-0.2, 0) is 19.1 Å². The second kappa shape index (κ2) is 7.14. The van der Waals surface area contributed by atoms with Crippen LogP contribution < -0.4 is 0 Å². The molecule has 0 amide bonds. The Balaban J connectivity index is 1.88. The number of carbonyl (C=O) groups excluding carboxylic acids is 2.